The van der Waals surface area contributed by atoms with Crippen molar-refractivity contribution in [3.63, 3.8) is 0 Å². The number of nitrogens with one attached hydrogen (secondary N) is 1. The van der Waals surface area contributed by atoms with Gasteiger partial charge in [-0.1, -0.05) is 0 Å². The number of hydrogen-bond acceptors (Lipinski definition) is 5. The Morgan fingerprint density at radius 2 is 1.86 bits per heavy atom. The first-order valence-electron chi connectivity index (χ1n) is 8.10. The Balaban J connectivity index is 1.34. The van der Waals surface area contributed by atoms with Gasteiger partial charge in [0, 0.05) is 38.9 Å². The van der Waals surface area contributed by atoms with Crippen LogP contribution in [0, 0.1) is 5.41 Å². The fraction of sp³-hybridized carbons (Fsp3) is 0.933. The predicted octanol–water partition coefficient (Wildman–Crippen LogP) is 1.00. The largest absolute Gasteiger partial charge is 0.448 e. The van der Waals surface area contributed by atoms with Gasteiger partial charge in [-0.05, 0) is 31.1 Å². The van der Waals surface area contributed by atoms with Crippen molar-refractivity contribution >= 4 is 6.09 Å². The second-order valence-electron chi connectivity index (χ2n) is 6.30. The number of nitrogens with zero attached hydrogens (tertiary/aromatic N) is 1. The van der Waals surface area contributed by atoms with E-state index >= 15 is 0 Å². The summed E-state index contributed by atoms with van der Waals surface area (Å²) in [5.41, 5.74) is 0.279. The highest BCUT2D eigenvalue weighted by atomic mass is 16.5. The zero-order chi connectivity index (χ0) is 14.5. The molecular formula is C15H26N2O4. The second kappa shape index (κ2) is 6.94. The van der Waals surface area contributed by atoms with Crippen molar-refractivity contribution in [1.29, 1.82) is 0 Å². The van der Waals surface area contributed by atoms with Crippen molar-refractivity contribution < 1.29 is 19.0 Å². The van der Waals surface area contributed by atoms with Gasteiger partial charge >= 0.3 is 6.09 Å². The lowest BCUT2D eigenvalue weighted by Gasteiger charge is -2.51. The van der Waals surface area contributed by atoms with Gasteiger partial charge in [0.15, 0.2) is 0 Å². The van der Waals surface area contributed by atoms with E-state index < -0.39 is 0 Å². The van der Waals surface area contributed by atoms with E-state index in [1.807, 2.05) is 0 Å². The van der Waals surface area contributed by atoms with Crippen LogP contribution >= 0.6 is 0 Å². The number of carbonyl (C=O) groups is 1. The van der Waals surface area contributed by atoms with Crippen molar-refractivity contribution in [3.8, 4) is 0 Å². The van der Waals surface area contributed by atoms with Gasteiger partial charge in [0.25, 0.3) is 0 Å². The highest BCUT2D eigenvalue weighted by Crippen LogP contribution is 2.48. The molecule has 2 heterocycles. The van der Waals surface area contributed by atoms with E-state index in [0.717, 1.165) is 65.3 Å². The van der Waals surface area contributed by atoms with Gasteiger partial charge < -0.3 is 19.5 Å². The van der Waals surface area contributed by atoms with Crippen LogP contribution in [0.15, 0.2) is 0 Å². The molecule has 21 heavy (non-hydrogen) atoms. The van der Waals surface area contributed by atoms with Crippen molar-refractivity contribution in [3.05, 3.63) is 0 Å². The topological polar surface area (TPSA) is 60.0 Å². The number of ether oxygens (including phenoxy) is 3. The molecule has 0 aromatic heterocycles. The molecule has 2 saturated heterocycles. The minimum Gasteiger partial charge on any atom is -0.448 e. The average Bonchev–Trinajstić information content (AvgIpc) is 2.53. The molecule has 3 aliphatic rings. The molecule has 120 valence electrons. The van der Waals surface area contributed by atoms with Crippen molar-refractivity contribution in [2.75, 3.05) is 52.7 Å². The van der Waals surface area contributed by atoms with E-state index in [0.29, 0.717) is 6.61 Å². The summed E-state index contributed by atoms with van der Waals surface area (Å²) in [4.78, 5) is 14.2. The highest BCUT2D eigenvalue weighted by Gasteiger charge is 2.48. The Morgan fingerprint density at radius 3 is 2.52 bits per heavy atom. The van der Waals surface area contributed by atoms with Crippen LogP contribution in [0.2, 0.25) is 0 Å². The molecule has 0 aromatic rings. The van der Waals surface area contributed by atoms with Crippen molar-refractivity contribution in [2.24, 2.45) is 5.41 Å². The maximum absolute atomic E-state index is 11.9. The third-order valence-electron chi connectivity index (χ3n) is 5.20. The van der Waals surface area contributed by atoms with Crippen LogP contribution in [0.5, 0.6) is 0 Å². The van der Waals surface area contributed by atoms with Gasteiger partial charge in [-0.2, -0.15) is 0 Å². The van der Waals surface area contributed by atoms with Gasteiger partial charge in [0.2, 0.25) is 0 Å². The van der Waals surface area contributed by atoms with Gasteiger partial charge in [-0.25, -0.2) is 4.79 Å². The van der Waals surface area contributed by atoms with Crippen LogP contribution in [0.25, 0.3) is 0 Å². The van der Waals surface area contributed by atoms with Crippen LogP contribution in [-0.4, -0.2) is 69.7 Å². The quantitative estimate of drug-likeness (QED) is 0.839. The maximum atomic E-state index is 11.9. The molecule has 3 fully saturated rings. The van der Waals surface area contributed by atoms with Gasteiger partial charge in [-0.15, -0.1) is 0 Å². The first kappa shape index (κ1) is 15.1. The van der Waals surface area contributed by atoms with Gasteiger partial charge in [0.1, 0.15) is 6.61 Å². The van der Waals surface area contributed by atoms with E-state index in [4.69, 9.17) is 14.2 Å². The second-order valence-corrected chi connectivity index (χ2v) is 6.30. The molecule has 1 saturated carbocycles. The molecule has 1 amide bonds. The summed E-state index contributed by atoms with van der Waals surface area (Å²) in [5.74, 6) is 0. The Bertz CT molecular complexity index is 352. The summed E-state index contributed by atoms with van der Waals surface area (Å²) in [7, 11) is 0. The van der Waals surface area contributed by atoms with E-state index in [1.54, 1.807) is 0 Å². The van der Waals surface area contributed by atoms with E-state index in [2.05, 4.69) is 10.2 Å². The first-order valence-corrected chi connectivity index (χ1v) is 8.10. The van der Waals surface area contributed by atoms with E-state index in [9.17, 15) is 4.79 Å². The minimum atomic E-state index is -0.265. The normalized spacial score (nSPS) is 28.9. The molecular weight excluding hydrogens is 272 g/mol. The maximum Gasteiger partial charge on any atom is 0.407 e. The highest BCUT2D eigenvalue weighted by molar-refractivity contribution is 5.67. The Hall–Kier alpha value is -0.850. The molecule has 1 N–H and O–H groups in total. The first-order chi connectivity index (χ1) is 10.3. The summed E-state index contributed by atoms with van der Waals surface area (Å²) in [5, 5.41) is 3.05. The number of morpholine rings is 1. The molecule has 6 heteroatoms. The van der Waals surface area contributed by atoms with Crippen LogP contribution in [0.1, 0.15) is 25.7 Å². The summed E-state index contributed by atoms with van der Waals surface area (Å²) >= 11 is 0. The predicted molar refractivity (Wildman–Crippen MR) is 77.3 cm³/mol. The lowest BCUT2D eigenvalue weighted by Crippen LogP contribution is -2.57. The SMILES string of the molecule is O=C(NC1CCC12CCOCC2)OCCN1CCOCC1. The molecule has 1 atom stereocenters. The van der Waals surface area contributed by atoms with Gasteiger partial charge in [0.05, 0.1) is 13.2 Å². The lowest BCUT2D eigenvalue weighted by molar-refractivity contribution is -0.0540. The van der Waals surface area contributed by atoms with Crippen molar-refractivity contribution in [2.45, 2.75) is 31.7 Å². The number of alkyl carbamates (subject to hydrolysis) is 1. The van der Waals surface area contributed by atoms with Crippen LogP contribution in [0.4, 0.5) is 4.79 Å². The zero-order valence-corrected chi connectivity index (χ0v) is 12.6. The molecule has 2 aliphatic heterocycles. The average molecular weight is 298 g/mol. The monoisotopic (exact) mass is 298 g/mol. The molecule has 0 aromatic carbocycles. The van der Waals surface area contributed by atoms with Crippen LogP contribution < -0.4 is 5.32 Å². The molecule has 1 spiro atoms. The minimum absolute atomic E-state index is 0.265. The third kappa shape index (κ3) is 3.67. The molecule has 0 radical (unpaired) electrons. The molecule has 1 aliphatic carbocycles. The smallest absolute Gasteiger partial charge is 0.407 e. The van der Waals surface area contributed by atoms with Crippen LogP contribution in [0.3, 0.4) is 0 Å². The standard InChI is InChI=1S/C15H26N2O4/c18-14(21-12-7-17-5-10-20-11-6-17)16-13-1-2-15(13)3-8-19-9-4-15/h13H,1-12H2,(H,16,18). The fourth-order valence-corrected chi connectivity index (χ4v) is 3.57. The summed E-state index contributed by atoms with van der Waals surface area (Å²) in [6, 6.07) is 0.275. The number of amides is 1. The zero-order valence-electron chi connectivity index (χ0n) is 12.6. The molecule has 6 nitrogen and oxygen atoms in total. The Labute approximate surface area is 126 Å². The van der Waals surface area contributed by atoms with Crippen LogP contribution in [-0.2, 0) is 14.2 Å². The molecule has 0 bridgehead atoms. The fourth-order valence-electron chi connectivity index (χ4n) is 3.57. The lowest BCUT2D eigenvalue weighted by atomic mass is 9.60. The number of hydrogen-bond donors (Lipinski definition) is 1. The Kier molecular flexibility index (Phi) is 4.98. The number of rotatable bonds is 4. The summed E-state index contributed by atoms with van der Waals surface area (Å²) < 4.78 is 16.0. The van der Waals surface area contributed by atoms with Gasteiger partial charge in [-0.3, -0.25) is 4.90 Å². The Morgan fingerprint density at radius 1 is 1.14 bits per heavy atom. The van der Waals surface area contributed by atoms with E-state index in [-0.39, 0.29) is 17.6 Å². The van der Waals surface area contributed by atoms with Crippen molar-refractivity contribution in [1.82, 2.24) is 10.2 Å². The summed E-state index contributed by atoms with van der Waals surface area (Å²) in [6.07, 6.45) is 4.13. The third-order valence-corrected chi connectivity index (χ3v) is 5.20. The number of carbonyl (C=O) groups excluding carboxylic acids is 1. The molecule has 1 unspecified atom stereocenters. The summed E-state index contributed by atoms with van der Waals surface area (Å²) in [6.45, 7) is 6.30. The van der Waals surface area contributed by atoms with E-state index in [1.165, 1.54) is 6.42 Å². The molecule has 3 rings (SSSR count).